The number of fused-ring (bicyclic) bond motifs is 1. The molecule has 0 heterocycles. The van der Waals surface area contributed by atoms with Crippen LogP contribution in [0.2, 0.25) is 5.02 Å². The summed E-state index contributed by atoms with van der Waals surface area (Å²) >= 11 is 12.6. The minimum atomic E-state index is -0.478. The Morgan fingerprint density at radius 1 is 0.958 bits per heavy atom. The first-order chi connectivity index (χ1) is 11.5. The van der Waals surface area contributed by atoms with Crippen molar-refractivity contribution in [2.45, 2.75) is 0 Å². The lowest BCUT2D eigenvalue weighted by Crippen LogP contribution is -2.17. The molecular weight excluding hydrogens is 459 g/mol. The maximum absolute atomic E-state index is 12.0. The SMILES string of the molecule is O=C(COc1ccc(Cl)cc1Br)Oc1ccc2cc(Br)ccc2c1. The maximum Gasteiger partial charge on any atom is 0.349 e. The van der Waals surface area contributed by atoms with Crippen molar-refractivity contribution in [1.29, 1.82) is 0 Å². The van der Waals surface area contributed by atoms with E-state index in [-0.39, 0.29) is 6.61 Å². The summed E-state index contributed by atoms with van der Waals surface area (Å²) in [4.78, 5) is 12.0. The van der Waals surface area contributed by atoms with Gasteiger partial charge in [-0.05, 0) is 69.2 Å². The largest absolute Gasteiger partial charge is 0.481 e. The summed E-state index contributed by atoms with van der Waals surface area (Å²) in [5.74, 6) is 0.529. The second-order valence-corrected chi connectivity index (χ2v) is 7.20. The maximum atomic E-state index is 12.0. The number of carbonyl (C=O) groups is 1. The second-order valence-electron chi connectivity index (χ2n) is 4.99. The van der Waals surface area contributed by atoms with Crippen LogP contribution >= 0.6 is 43.5 Å². The number of ether oxygens (including phenoxy) is 2. The third-order valence-corrected chi connectivity index (χ3v) is 4.59. The van der Waals surface area contributed by atoms with Gasteiger partial charge < -0.3 is 9.47 Å². The van der Waals surface area contributed by atoms with E-state index in [0.717, 1.165) is 15.2 Å². The van der Waals surface area contributed by atoms with Gasteiger partial charge in [0.05, 0.1) is 4.47 Å². The molecule has 0 saturated carbocycles. The zero-order valence-electron chi connectivity index (χ0n) is 12.3. The molecule has 24 heavy (non-hydrogen) atoms. The Hall–Kier alpha value is -1.56. The van der Waals surface area contributed by atoms with Crippen molar-refractivity contribution >= 4 is 60.2 Å². The van der Waals surface area contributed by atoms with Crippen molar-refractivity contribution in [3.05, 3.63) is 68.6 Å². The van der Waals surface area contributed by atoms with Gasteiger partial charge in [-0.3, -0.25) is 0 Å². The van der Waals surface area contributed by atoms with E-state index in [9.17, 15) is 4.79 Å². The molecule has 0 N–H and O–H groups in total. The molecule has 0 radical (unpaired) electrons. The van der Waals surface area contributed by atoms with Crippen molar-refractivity contribution in [1.82, 2.24) is 0 Å². The highest BCUT2D eigenvalue weighted by atomic mass is 79.9. The number of carbonyl (C=O) groups excluding carboxylic acids is 1. The molecule has 0 atom stereocenters. The molecular formula is C18H11Br2ClO3. The molecule has 0 spiro atoms. The first kappa shape index (κ1) is 17.3. The smallest absolute Gasteiger partial charge is 0.349 e. The summed E-state index contributed by atoms with van der Waals surface area (Å²) < 4.78 is 12.4. The van der Waals surface area contributed by atoms with Crippen molar-refractivity contribution in [2.24, 2.45) is 0 Å². The van der Waals surface area contributed by atoms with Crippen LogP contribution in [0.4, 0.5) is 0 Å². The third-order valence-electron chi connectivity index (χ3n) is 3.24. The zero-order valence-corrected chi connectivity index (χ0v) is 16.2. The summed E-state index contributed by atoms with van der Waals surface area (Å²) in [6, 6.07) is 16.4. The number of esters is 1. The lowest BCUT2D eigenvalue weighted by molar-refractivity contribution is -0.136. The van der Waals surface area contributed by atoms with Gasteiger partial charge in [0.25, 0.3) is 0 Å². The Bertz CT molecular complexity index is 912. The molecule has 0 unspecified atom stereocenters. The van der Waals surface area contributed by atoms with Gasteiger partial charge in [-0.25, -0.2) is 4.79 Å². The molecule has 0 saturated heterocycles. The van der Waals surface area contributed by atoms with Gasteiger partial charge >= 0.3 is 5.97 Å². The van der Waals surface area contributed by atoms with Crippen molar-refractivity contribution in [2.75, 3.05) is 6.61 Å². The number of rotatable bonds is 4. The minimum absolute atomic E-state index is 0.196. The van der Waals surface area contributed by atoms with Gasteiger partial charge in [0.15, 0.2) is 6.61 Å². The standard InChI is InChI=1S/C18H11Br2ClO3/c19-13-3-1-12-8-15(5-2-11(12)7-13)24-18(22)10-23-17-6-4-14(21)9-16(17)20/h1-9H,10H2. The molecule has 3 rings (SSSR count). The minimum Gasteiger partial charge on any atom is -0.481 e. The van der Waals surface area contributed by atoms with Gasteiger partial charge in [0.1, 0.15) is 11.5 Å². The van der Waals surface area contributed by atoms with E-state index in [2.05, 4.69) is 31.9 Å². The van der Waals surface area contributed by atoms with Crippen LogP contribution in [0.5, 0.6) is 11.5 Å². The molecule has 0 aliphatic carbocycles. The Labute approximate surface area is 160 Å². The van der Waals surface area contributed by atoms with Crippen LogP contribution in [-0.2, 0) is 4.79 Å². The van der Waals surface area contributed by atoms with Gasteiger partial charge in [-0.15, -0.1) is 0 Å². The lowest BCUT2D eigenvalue weighted by Gasteiger charge is -2.09. The topological polar surface area (TPSA) is 35.5 Å². The van der Waals surface area contributed by atoms with Crippen LogP contribution < -0.4 is 9.47 Å². The fourth-order valence-electron chi connectivity index (χ4n) is 2.15. The van der Waals surface area contributed by atoms with Gasteiger partial charge in [0, 0.05) is 9.50 Å². The monoisotopic (exact) mass is 468 g/mol. The summed E-state index contributed by atoms with van der Waals surface area (Å²) in [6.45, 7) is -0.196. The Balaban J connectivity index is 1.65. The zero-order chi connectivity index (χ0) is 17.1. The van der Waals surface area contributed by atoms with Crippen LogP contribution in [0.1, 0.15) is 0 Å². The van der Waals surface area contributed by atoms with Crippen LogP contribution in [0.3, 0.4) is 0 Å². The van der Waals surface area contributed by atoms with Crippen LogP contribution in [0.15, 0.2) is 63.5 Å². The van der Waals surface area contributed by atoms with Gasteiger partial charge in [-0.2, -0.15) is 0 Å². The number of hydrogen-bond donors (Lipinski definition) is 0. The predicted molar refractivity (Wildman–Crippen MR) is 102 cm³/mol. The highest BCUT2D eigenvalue weighted by Crippen LogP contribution is 2.28. The van der Waals surface area contributed by atoms with Crippen LogP contribution in [-0.4, -0.2) is 12.6 Å². The van der Waals surface area contributed by atoms with E-state index in [0.29, 0.717) is 21.0 Å². The Morgan fingerprint density at radius 2 is 1.71 bits per heavy atom. The predicted octanol–water partition coefficient (Wildman–Crippen LogP) is 6.00. The first-order valence-electron chi connectivity index (χ1n) is 6.99. The first-order valence-corrected chi connectivity index (χ1v) is 8.95. The Kier molecular flexibility index (Phi) is 5.43. The van der Waals surface area contributed by atoms with E-state index >= 15 is 0 Å². The number of benzene rings is 3. The van der Waals surface area contributed by atoms with Crippen molar-refractivity contribution in [3.63, 3.8) is 0 Å². The lowest BCUT2D eigenvalue weighted by atomic mass is 10.1. The molecule has 6 heteroatoms. The Morgan fingerprint density at radius 3 is 2.50 bits per heavy atom. The fourth-order valence-corrected chi connectivity index (χ4v) is 3.32. The molecule has 0 bridgehead atoms. The highest BCUT2D eigenvalue weighted by molar-refractivity contribution is 9.10. The van der Waals surface area contributed by atoms with E-state index in [1.165, 1.54) is 0 Å². The molecule has 3 aromatic rings. The van der Waals surface area contributed by atoms with E-state index < -0.39 is 5.97 Å². The average molecular weight is 471 g/mol. The quantitative estimate of drug-likeness (QED) is 0.346. The van der Waals surface area contributed by atoms with Crippen LogP contribution in [0, 0.1) is 0 Å². The highest BCUT2D eigenvalue weighted by Gasteiger charge is 2.09. The molecule has 122 valence electrons. The number of hydrogen-bond acceptors (Lipinski definition) is 3. The van der Waals surface area contributed by atoms with Gasteiger partial charge in [-0.1, -0.05) is 39.7 Å². The van der Waals surface area contributed by atoms with E-state index in [1.54, 1.807) is 24.3 Å². The molecule has 0 amide bonds. The fraction of sp³-hybridized carbons (Fsp3) is 0.0556. The van der Waals surface area contributed by atoms with Crippen molar-refractivity contribution < 1.29 is 14.3 Å². The van der Waals surface area contributed by atoms with E-state index in [4.69, 9.17) is 21.1 Å². The summed E-state index contributed by atoms with van der Waals surface area (Å²) in [5.41, 5.74) is 0. The van der Waals surface area contributed by atoms with Crippen LogP contribution in [0.25, 0.3) is 10.8 Å². The summed E-state index contributed by atoms with van der Waals surface area (Å²) in [6.07, 6.45) is 0. The average Bonchev–Trinajstić information content (AvgIpc) is 2.54. The molecule has 0 aliphatic heterocycles. The summed E-state index contributed by atoms with van der Waals surface area (Å²) in [5, 5.41) is 2.63. The van der Waals surface area contributed by atoms with Gasteiger partial charge in [0.2, 0.25) is 0 Å². The molecule has 0 aliphatic rings. The normalized spacial score (nSPS) is 10.6. The summed E-state index contributed by atoms with van der Waals surface area (Å²) in [7, 11) is 0. The van der Waals surface area contributed by atoms with E-state index in [1.807, 2.05) is 30.3 Å². The molecule has 0 fully saturated rings. The van der Waals surface area contributed by atoms with Crippen molar-refractivity contribution in [3.8, 4) is 11.5 Å². The third kappa shape index (κ3) is 4.29. The molecule has 0 aromatic heterocycles. The number of halogens is 3. The second kappa shape index (κ2) is 7.55. The molecule has 3 aromatic carbocycles. The molecule has 3 nitrogen and oxygen atoms in total.